The Kier molecular flexibility index (Phi) is 6.19. The predicted octanol–water partition coefficient (Wildman–Crippen LogP) is 3.19. The zero-order valence-corrected chi connectivity index (χ0v) is 15.7. The molecule has 0 bridgehead atoms. The van der Waals surface area contributed by atoms with Crippen LogP contribution < -0.4 is 0 Å². The maximum atomic E-state index is 11.8. The van der Waals surface area contributed by atoms with E-state index in [0.717, 1.165) is 0 Å². The molecule has 7 heteroatoms. The van der Waals surface area contributed by atoms with Gasteiger partial charge in [0.05, 0.1) is 19.2 Å². The zero-order chi connectivity index (χ0) is 16.3. The van der Waals surface area contributed by atoms with E-state index in [-0.39, 0.29) is 17.2 Å². The highest BCUT2D eigenvalue weighted by Crippen LogP contribution is 2.36. The van der Waals surface area contributed by atoms with Gasteiger partial charge in [-0.1, -0.05) is 20.8 Å². The van der Waals surface area contributed by atoms with Crippen LogP contribution in [0.5, 0.6) is 0 Å². The third kappa shape index (κ3) is 5.23. The van der Waals surface area contributed by atoms with E-state index >= 15 is 0 Å². The van der Waals surface area contributed by atoms with Gasteiger partial charge < -0.3 is 13.9 Å². The molecule has 0 N–H and O–H groups in total. The molecule has 1 fully saturated rings. The first-order chi connectivity index (χ1) is 9.54. The van der Waals surface area contributed by atoms with Crippen LogP contribution in [0.2, 0.25) is 18.1 Å². The molecule has 1 aliphatic heterocycles. The van der Waals surface area contributed by atoms with Crippen molar-refractivity contribution >= 4 is 31.7 Å². The molecule has 21 heavy (non-hydrogen) atoms. The Labute approximate surface area is 134 Å². The van der Waals surface area contributed by atoms with E-state index < -0.39 is 8.32 Å². The molecule has 0 saturated carbocycles. The van der Waals surface area contributed by atoms with Crippen molar-refractivity contribution in [1.82, 2.24) is 4.90 Å². The molecule has 1 unspecified atom stereocenters. The molecule has 0 aromatic carbocycles. The standard InChI is InChI=1S/C14H27NO4SSi/c1-11(20)17-8-7-15-12(9-18-13(15)16)10-19-21(5,6)14(2,3)4/h12H,7-10H2,1-6H3. The molecule has 0 radical (unpaired) electrons. The van der Waals surface area contributed by atoms with Crippen molar-refractivity contribution in [3.05, 3.63) is 0 Å². The van der Waals surface area contributed by atoms with E-state index in [4.69, 9.17) is 26.1 Å². The summed E-state index contributed by atoms with van der Waals surface area (Å²) in [6.45, 7) is 14.5. The Hall–Kier alpha value is -0.663. The second kappa shape index (κ2) is 7.06. The van der Waals surface area contributed by atoms with Gasteiger partial charge in [0.25, 0.3) is 0 Å². The van der Waals surface area contributed by atoms with E-state index in [1.165, 1.54) is 0 Å². The summed E-state index contributed by atoms with van der Waals surface area (Å²) < 4.78 is 16.6. The molecule has 1 atom stereocenters. The molecule has 122 valence electrons. The molecule has 1 aliphatic rings. The van der Waals surface area contributed by atoms with Crippen LogP contribution in [0.3, 0.4) is 0 Å². The molecule has 1 amide bonds. The molecule has 0 spiro atoms. The van der Waals surface area contributed by atoms with Gasteiger partial charge in [-0.25, -0.2) is 4.79 Å². The normalized spacial score (nSPS) is 19.6. The fourth-order valence-electron chi connectivity index (χ4n) is 1.71. The number of amides is 1. The van der Waals surface area contributed by atoms with Crippen LogP contribution in [-0.2, 0) is 13.9 Å². The van der Waals surface area contributed by atoms with Crippen molar-refractivity contribution in [2.75, 3.05) is 26.4 Å². The summed E-state index contributed by atoms with van der Waals surface area (Å²) in [6.07, 6.45) is -0.301. The first-order valence-electron chi connectivity index (χ1n) is 7.25. The van der Waals surface area contributed by atoms with Crippen LogP contribution in [0.4, 0.5) is 4.79 Å². The maximum absolute atomic E-state index is 11.8. The molecular weight excluding hydrogens is 306 g/mol. The average molecular weight is 334 g/mol. The largest absolute Gasteiger partial charge is 0.486 e. The predicted molar refractivity (Wildman–Crippen MR) is 89.2 cm³/mol. The lowest BCUT2D eigenvalue weighted by Gasteiger charge is -2.37. The third-order valence-electron chi connectivity index (χ3n) is 4.15. The summed E-state index contributed by atoms with van der Waals surface area (Å²) in [5, 5.41) is 0.635. The van der Waals surface area contributed by atoms with E-state index in [1.807, 2.05) is 0 Å². The minimum absolute atomic E-state index is 0.0411. The van der Waals surface area contributed by atoms with Crippen molar-refractivity contribution in [1.29, 1.82) is 0 Å². The summed E-state index contributed by atoms with van der Waals surface area (Å²) in [5.41, 5.74) is 0. The van der Waals surface area contributed by atoms with Gasteiger partial charge in [0.15, 0.2) is 13.4 Å². The van der Waals surface area contributed by atoms with Gasteiger partial charge in [0, 0.05) is 6.92 Å². The number of hydrogen-bond donors (Lipinski definition) is 0. The summed E-state index contributed by atoms with van der Waals surface area (Å²) >= 11 is 4.86. The third-order valence-corrected chi connectivity index (χ3v) is 8.77. The Balaban J connectivity index is 2.53. The summed E-state index contributed by atoms with van der Waals surface area (Å²) in [4.78, 5) is 13.4. The van der Waals surface area contributed by atoms with Crippen molar-refractivity contribution in [2.45, 2.75) is 51.9 Å². The lowest BCUT2D eigenvalue weighted by molar-refractivity contribution is 0.142. The average Bonchev–Trinajstić information content (AvgIpc) is 2.67. The molecule has 1 rings (SSSR count). The molecule has 5 nitrogen and oxygen atoms in total. The van der Waals surface area contributed by atoms with Gasteiger partial charge in [0.1, 0.15) is 13.2 Å². The smallest absolute Gasteiger partial charge is 0.410 e. The fourth-order valence-corrected chi connectivity index (χ4v) is 2.84. The fraction of sp³-hybridized carbons (Fsp3) is 0.857. The number of carbonyl (C=O) groups is 1. The lowest BCUT2D eigenvalue weighted by Crippen LogP contribution is -2.46. The van der Waals surface area contributed by atoms with Crippen molar-refractivity contribution in [2.24, 2.45) is 0 Å². The Bertz CT molecular complexity index is 395. The quantitative estimate of drug-likeness (QED) is 0.552. The van der Waals surface area contributed by atoms with E-state index in [2.05, 4.69) is 33.9 Å². The van der Waals surface area contributed by atoms with Gasteiger partial charge in [-0.05, 0) is 30.4 Å². The highest BCUT2D eigenvalue weighted by atomic mass is 32.1. The second-order valence-corrected chi connectivity index (χ2v) is 12.2. The Morgan fingerprint density at radius 2 is 2.10 bits per heavy atom. The highest BCUT2D eigenvalue weighted by Gasteiger charge is 2.40. The van der Waals surface area contributed by atoms with Gasteiger partial charge >= 0.3 is 6.09 Å². The Morgan fingerprint density at radius 1 is 1.48 bits per heavy atom. The molecule has 0 aromatic heterocycles. The van der Waals surface area contributed by atoms with Crippen molar-refractivity contribution in [3.63, 3.8) is 0 Å². The van der Waals surface area contributed by atoms with Crippen LogP contribution in [0.15, 0.2) is 0 Å². The summed E-state index contributed by atoms with van der Waals surface area (Å²) in [6, 6.07) is -0.0411. The highest BCUT2D eigenvalue weighted by molar-refractivity contribution is 7.80. The number of carbonyl (C=O) groups excluding carboxylic acids is 1. The topological polar surface area (TPSA) is 48.0 Å². The number of ether oxygens (including phenoxy) is 2. The number of nitrogens with zero attached hydrogens (tertiary/aromatic N) is 1. The summed E-state index contributed by atoms with van der Waals surface area (Å²) in [5.74, 6) is 0. The molecule has 0 aromatic rings. The second-order valence-electron chi connectivity index (χ2n) is 6.84. The molecule has 1 heterocycles. The van der Waals surface area contributed by atoms with E-state index in [0.29, 0.717) is 31.4 Å². The molecular formula is C14H27NO4SSi. The van der Waals surface area contributed by atoms with Crippen LogP contribution in [0, 0.1) is 0 Å². The van der Waals surface area contributed by atoms with Crippen LogP contribution in [0.1, 0.15) is 27.7 Å². The van der Waals surface area contributed by atoms with Crippen molar-refractivity contribution in [3.8, 4) is 0 Å². The monoisotopic (exact) mass is 333 g/mol. The zero-order valence-electron chi connectivity index (χ0n) is 13.9. The molecule has 0 aliphatic carbocycles. The van der Waals surface area contributed by atoms with Crippen LogP contribution in [-0.4, -0.2) is 56.8 Å². The van der Waals surface area contributed by atoms with Gasteiger partial charge in [0.2, 0.25) is 0 Å². The number of thiocarbonyl (C=S) groups is 1. The van der Waals surface area contributed by atoms with Crippen LogP contribution in [0.25, 0.3) is 0 Å². The van der Waals surface area contributed by atoms with E-state index in [1.54, 1.807) is 11.8 Å². The van der Waals surface area contributed by atoms with Crippen molar-refractivity contribution < 1.29 is 18.7 Å². The van der Waals surface area contributed by atoms with E-state index in [9.17, 15) is 4.79 Å². The van der Waals surface area contributed by atoms with Crippen LogP contribution >= 0.6 is 12.2 Å². The number of cyclic esters (lactones) is 1. The Morgan fingerprint density at radius 3 is 2.62 bits per heavy atom. The minimum atomic E-state index is -1.82. The number of hydrogen-bond acceptors (Lipinski definition) is 5. The lowest BCUT2D eigenvalue weighted by atomic mass is 10.2. The summed E-state index contributed by atoms with van der Waals surface area (Å²) in [7, 11) is -1.82. The molecule has 1 saturated heterocycles. The van der Waals surface area contributed by atoms with Gasteiger partial charge in [-0.2, -0.15) is 0 Å². The first-order valence-corrected chi connectivity index (χ1v) is 10.6. The minimum Gasteiger partial charge on any atom is -0.486 e. The number of rotatable bonds is 6. The van der Waals surface area contributed by atoms with Gasteiger partial charge in [-0.15, -0.1) is 0 Å². The van der Waals surface area contributed by atoms with Gasteiger partial charge in [-0.3, -0.25) is 4.90 Å². The SMILES string of the molecule is CC(=S)OCCN1C(=O)OCC1CO[Si](C)(C)C(C)(C)C. The maximum Gasteiger partial charge on any atom is 0.410 e. The first kappa shape index (κ1) is 18.4.